The van der Waals surface area contributed by atoms with Crippen molar-refractivity contribution in [2.45, 2.75) is 31.7 Å². The number of anilines is 1. The zero-order valence-electron chi connectivity index (χ0n) is 16.7. The van der Waals surface area contributed by atoms with Gasteiger partial charge >= 0.3 is 0 Å². The van der Waals surface area contributed by atoms with E-state index in [1.807, 2.05) is 0 Å². The molecule has 4 rings (SSSR count). The summed E-state index contributed by atoms with van der Waals surface area (Å²) in [7, 11) is 0. The second-order valence-corrected chi connectivity index (χ2v) is 7.93. The Bertz CT molecular complexity index is 887. The Labute approximate surface area is 174 Å². The molecule has 1 fully saturated rings. The minimum Gasteiger partial charge on any atom is -0.382 e. The summed E-state index contributed by atoms with van der Waals surface area (Å²) < 4.78 is 26.6. The number of piperidine rings is 1. The van der Waals surface area contributed by atoms with Gasteiger partial charge in [0.05, 0.1) is 11.1 Å². The molecular formula is C23H25F2N3O2. The predicted octanol–water partition coefficient (Wildman–Crippen LogP) is 3.92. The molecule has 5 nitrogen and oxygen atoms in total. The van der Waals surface area contributed by atoms with Gasteiger partial charge < -0.3 is 10.2 Å². The van der Waals surface area contributed by atoms with Gasteiger partial charge in [-0.15, -0.1) is 0 Å². The first-order valence-electron chi connectivity index (χ1n) is 10.4. The molecular weight excluding hydrogens is 388 g/mol. The lowest BCUT2D eigenvalue weighted by Crippen LogP contribution is -2.39. The second kappa shape index (κ2) is 8.92. The third kappa shape index (κ3) is 4.51. The van der Waals surface area contributed by atoms with Crippen LogP contribution < -0.4 is 5.32 Å². The molecule has 2 aromatic rings. The van der Waals surface area contributed by atoms with E-state index in [0.29, 0.717) is 23.4 Å². The summed E-state index contributed by atoms with van der Waals surface area (Å²) in [5.74, 6) is -1.55. The first-order chi connectivity index (χ1) is 14.5. The normalized spacial score (nSPS) is 17.5. The zero-order valence-corrected chi connectivity index (χ0v) is 16.7. The van der Waals surface area contributed by atoms with Crippen LogP contribution in [0.1, 0.15) is 46.4 Å². The van der Waals surface area contributed by atoms with Crippen molar-refractivity contribution in [2.24, 2.45) is 0 Å². The molecule has 7 heteroatoms. The van der Waals surface area contributed by atoms with Crippen LogP contribution in [0.15, 0.2) is 42.5 Å². The summed E-state index contributed by atoms with van der Waals surface area (Å²) in [6, 6.07) is 10.6. The number of carbonyl (C=O) groups excluding carboxylic acids is 2. The Hall–Kier alpha value is -2.80. The number of rotatable bonds is 7. The molecule has 0 unspecified atom stereocenters. The van der Waals surface area contributed by atoms with Crippen LogP contribution >= 0.6 is 0 Å². The van der Waals surface area contributed by atoms with E-state index in [4.69, 9.17) is 0 Å². The van der Waals surface area contributed by atoms with E-state index in [9.17, 15) is 18.4 Å². The molecule has 0 spiro atoms. The maximum Gasteiger partial charge on any atom is 0.261 e. The predicted molar refractivity (Wildman–Crippen MR) is 110 cm³/mol. The molecule has 0 saturated carbocycles. The number of likely N-dealkylation sites (tertiary alicyclic amines) is 1. The van der Waals surface area contributed by atoms with Gasteiger partial charge in [-0.25, -0.2) is 8.78 Å². The minimum atomic E-state index is -0.576. The first-order valence-corrected chi connectivity index (χ1v) is 10.4. The number of amides is 2. The molecule has 0 aromatic heterocycles. The molecule has 1 N–H and O–H groups in total. The van der Waals surface area contributed by atoms with Crippen LogP contribution in [0.3, 0.4) is 0 Å². The number of imide groups is 1. The van der Waals surface area contributed by atoms with Gasteiger partial charge in [0, 0.05) is 37.4 Å². The summed E-state index contributed by atoms with van der Waals surface area (Å²) in [4.78, 5) is 28.4. The van der Waals surface area contributed by atoms with Crippen molar-refractivity contribution >= 4 is 17.5 Å². The van der Waals surface area contributed by atoms with Crippen molar-refractivity contribution in [3.05, 3.63) is 65.2 Å². The topological polar surface area (TPSA) is 52.7 Å². The van der Waals surface area contributed by atoms with Crippen LogP contribution in [-0.4, -0.2) is 53.8 Å². The van der Waals surface area contributed by atoms with Crippen LogP contribution in [-0.2, 0) is 0 Å². The van der Waals surface area contributed by atoms with Crippen LogP contribution in [0.25, 0.3) is 0 Å². The monoisotopic (exact) mass is 413 g/mol. The molecule has 2 aliphatic rings. The Morgan fingerprint density at radius 1 is 0.867 bits per heavy atom. The van der Waals surface area contributed by atoms with Crippen molar-refractivity contribution < 1.29 is 18.4 Å². The van der Waals surface area contributed by atoms with Crippen LogP contribution in [0.4, 0.5) is 14.5 Å². The maximum absolute atomic E-state index is 13.3. The molecule has 1 saturated heterocycles. The fraction of sp³-hybridized carbons (Fsp3) is 0.391. The van der Waals surface area contributed by atoms with Gasteiger partial charge in [-0.2, -0.15) is 0 Å². The number of unbranched alkanes of at least 4 members (excludes halogenated alkanes) is 1. The standard InChI is InChI=1S/C23H25F2N3O2/c24-16-13-17(25)15-19(14-16)26-18-7-11-27(12-8-18)9-3-4-10-28-22(29)20-5-1-2-6-21(20)23(28)30/h1-2,5-6,13-15,18,26H,3-4,7-12H2. The van der Waals surface area contributed by atoms with Crippen LogP contribution in [0, 0.1) is 11.6 Å². The van der Waals surface area contributed by atoms with Crippen molar-refractivity contribution in [1.82, 2.24) is 9.80 Å². The fourth-order valence-electron chi connectivity index (χ4n) is 4.22. The van der Waals surface area contributed by atoms with Gasteiger partial charge in [-0.05, 0) is 56.5 Å². The third-order valence-electron chi connectivity index (χ3n) is 5.81. The number of nitrogens with one attached hydrogen (secondary N) is 1. The molecule has 2 aromatic carbocycles. The van der Waals surface area contributed by atoms with Gasteiger partial charge in [0.1, 0.15) is 11.6 Å². The molecule has 0 aliphatic carbocycles. The van der Waals surface area contributed by atoms with Crippen molar-refractivity contribution in [3.8, 4) is 0 Å². The molecule has 2 heterocycles. The molecule has 0 atom stereocenters. The van der Waals surface area contributed by atoms with Gasteiger partial charge in [-0.3, -0.25) is 14.5 Å². The summed E-state index contributed by atoms with van der Waals surface area (Å²) in [6.07, 6.45) is 3.47. The summed E-state index contributed by atoms with van der Waals surface area (Å²) in [5.41, 5.74) is 1.47. The Morgan fingerprint density at radius 3 is 2.03 bits per heavy atom. The molecule has 2 aliphatic heterocycles. The Balaban J connectivity index is 1.17. The Morgan fingerprint density at radius 2 is 1.43 bits per heavy atom. The van der Waals surface area contributed by atoms with Gasteiger partial charge in [0.15, 0.2) is 0 Å². The third-order valence-corrected chi connectivity index (χ3v) is 5.81. The largest absolute Gasteiger partial charge is 0.382 e. The van der Waals surface area contributed by atoms with Crippen LogP contribution in [0.2, 0.25) is 0 Å². The molecule has 0 bridgehead atoms. The van der Waals surface area contributed by atoms with Crippen LogP contribution in [0.5, 0.6) is 0 Å². The number of halogens is 2. The summed E-state index contributed by atoms with van der Waals surface area (Å²) >= 11 is 0. The van der Waals surface area contributed by atoms with E-state index < -0.39 is 11.6 Å². The quantitative estimate of drug-likeness (QED) is 0.552. The van der Waals surface area contributed by atoms with E-state index in [1.165, 1.54) is 17.0 Å². The maximum atomic E-state index is 13.3. The average molecular weight is 413 g/mol. The highest BCUT2D eigenvalue weighted by Crippen LogP contribution is 2.23. The van der Waals surface area contributed by atoms with Crippen molar-refractivity contribution in [2.75, 3.05) is 31.5 Å². The number of hydrogen-bond acceptors (Lipinski definition) is 4. The first kappa shape index (κ1) is 20.5. The SMILES string of the molecule is O=C1c2ccccc2C(=O)N1CCCCN1CCC(Nc2cc(F)cc(F)c2)CC1. The van der Waals surface area contributed by atoms with E-state index >= 15 is 0 Å². The second-order valence-electron chi connectivity index (χ2n) is 7.93. The number of fused-ring (bicyclic) bond motifs is 1. The summed E-state index contributed by atoms with van der Waals surface area (Å²) in [6.45, 7) is 3.16. The number of benzene rings is 2. The fourth-order valence-corrected chi connectivity index (χ4v) is 4.22. The lowest BCUT2D eigenvalue weighted by molar-refractivity contribution is 0.0650. The van der Waals surface area contributed by atoms with Crippen molar-refractivity contribution in [3.63, 3.8) is 0 Å². The number of nitrogens with zero attached hydrogens (tertiary/aromatic N) is 2. The summed E-state index contributed by atoms with van der Waals surface area (Å²) in [5, 5.41) is 3.22. The minimum absolute atomic E-state index is 0.195. The number of carbonyl (C=O) groups is 2. The zero-order chi connectivity index (χ0) is 21.1. The average Bonchev–Trinajstić information content (AvgIpc) is 2.96. The van der Waals surface area contributed by atoms with Gasteiger partial charge in [0.2, 0.25) is 0 Å². The molecule has 2 amide bonds. The van der Waals surface area contributed by atoms with Gasteiger partial charge in [0.25, 0.3) is 11.8 Å². The van der Waals surface area contributed by atoms with E-state index in [1.54, 1.807) is 24.3 Å². The molecule has 0 radical (unpaired) electrons. The van der Waals surface area contributed by atoms with E-state index in [2.05, 4.69) is 10.2 Å². The van der Waals surface area contributed by atoms with E-state index in [0.717, 1.165) is 51.4 Å². The Kier molecular flexibility index (Phi) is 6.08. The lowest BCUT2D eigenvalue weighted by Gasteiger charge is -2.33. The molecule has 30 heavy (non-hydrogen) atoms. The molecule has 158 valence electrons. The highest BCUT2D eigenvalue weighted by atomic mass is 19.1. The highest BCUT2D eigenvalue weighted by molar-refractivity contribution is 6.21. The number of hydrogen-bond donors (Lipinski definition) is 1. The smallest absolute Gasteiger partial charge is 0.261 e. The highest BCUT2D eigenvalue weighted by Gasteiger charge is 2.34. The van der Waals surface area contributed by atoms with E-state index in [-0.39, 0.29) is 17.9 Å². The lowest BCUT2D eigenvalue weighted by atomic mass is 10.0. The van der Waals surface area contributed by atoms with Gasteiger partial charge in [-0.1, -0.05) is 12.1 Å². The van der Waals surface area contributed by atoms with Crippen molar-refractivity contribution in [1.29, 1.82) is 0 Å².